The standard InChI is InChI=1S/C43H53N3O2SSi/c1-11-13-28-46(29-14-12-2)35-22-20-33(39(30-35)48-50(9,10)42(4,5)6)21-23-36-24-25-37(49-36)26-27-38-40(45-8)41(32(3)31-44)47-43(38,7)34-18-16-15-17-19-34/h15-27,30H,11-14,28-29H2,1-7,9-10H3/b23-21+,27-26+,41-32+. The maximum Gasteiger partial charge on any atom is 0.250 e. The van der Waals surface area contributed by atoms with Crippen molar-refractivity contribution in [3.8, 4) is 11.8 Å². The van der Waals surface area contributed by atoms with Gasteiger partial charge in [0.1, 0.15) is 17.1 Å². The third-order valence-corrected chi connectivity index (χ3v) is 15.2. The zero-order chi connectivity index (χ0) is 36.5. The Hall–Kier alpha value is -4.30. The number of allylic oxidation sites excluding steroid dienone is 1. The molecule has 0 aliphatic carbocycles. The molecule has 0 saturated heterocycles. The SMILES string of the molecule is [C-]#[N+]C1=C(/C=C/c2ccc(/C=C/c3ccc(N(CCCC)CCCC)cc3O[Si](C)(C)C(C)(C)C)s2)C(C)(c2ccccc2)O/C1=C(\C)C#N. The maximum atomic E-state index is 9.64. The highest BCUT2D eigenvalue weighted by Gasteiger charge is 2.43. The van der Waals surface area contributed by atoms with E-state index in [2.05, 4.69) is 106 Å². The molecule has 0 spiro atoms. The molecule has 1 atom stereocenters. The Balaban J connectivity index is 1.67. The number of hydrogen-bond donors (Lipinski definition) is 0. The van der Waals surface area contributed by atoms with E-state index < -0.39 is 13.9 Å². The first kappa shape index (κ1) is 38.5. The van der Waals surface area contributed by atoms with Gasteiger partial charge >= 0.3 is 0 Å². The van der Waals surface area contributed by atoms with Crippen LogP contribution >= 0.6 is 11.3 Å². The van der Waals surface area contributed by atoms with Gasteiger partial charge < -0.3 is 14.1 Å². The topological polar surface area (TPSA) is 49.9 Å². The fourth-order valence-electron chi connectivity index (χ4n) is 5.61. The van der Waals surface area contributed by atoms with Crippen molar-refractivity contribution in [1.82, 2.24) is 0 Å². The van der Waals surface area contributed by atoms with Crippen LogP contribution in [0.15, 0.2) is 89.3 Å². The normalized spacial score (nSPS) is 17.6. The van der Waals surface area contributed by atoms with Crippen LogP contribution in [0.2, 0.25) is 18.1 Å². The highest BCUT2D eigenvalue weighted by atomic mass is 32.1. The average Bonchev–Trinajstić information content (AvgIpc) is 3.67. The second kappa shape index (κ2) is 16.6. The van der Waals surface area contributed by atoms with Crippen molar-refractivity contribution in [3.05, 3.63) is 122 Å². The van der Waals surface area contributed by atoms with Crippen LogP contribution in [0.4, 0.5) is 5.69 Å². The molecule has 1 unspecified atom stereocenters. The molecule has 1 aromatic heterocycles. The number of unbranched alkanes of at least 4 members (excludes halogenated alkanes) is 2. The second-order valence-electron chi connectivity index (χ2n) is 14.6. The van der Waals surface area contributed by atoms with E-state index in [1.54, 1.807) is 18.3 Å². The molecule has 5 nitrogen and oxygen atoms in total. The van der Waals surface area contributed by atoms with Gasteiger partial charge in [0.25, 0.3) is 8.32 Å². The highest BCUT2D eigenvalue weighted by molar-refractivity contribution is 7.13. The molecule has 0 N–H and O–H groups in total. The largest absolute Gasteiger partial charge is 0.543 e. The lowest BCUT2D eigenvalue weighted by Gasteiger charge is -2.37. The summed E-state index contributed by atoms with van der Waals surface area (Å²) in [5.74, 6) is 1.31. The summed E-state index contributed by atoms with van der Waals surface area (Å²) in [4.78, 5) is 8.53. The van der Waals surface area contributed by atoms with Gasteiger partial charge in [-0.25, -0.2) is 4.85 Å². The molecule has 2 aromatic carbocycles. The van der Waals surface area contributed by atoms with Gasteiger partial charge in [-0.05, 0) is 92.9 Å². The Labute approximate surface area is 306 Å². The second-order valence-corrected chi connectivity index (χ2v) is 20.5. The van der Waals surface area contributed by atoms with Gasteiger partial charge in [0, 0.05) is 45.7 Å². The molecule has 1 aliphatic heterocycles. The van der Waals surface area contributed by atoms with Gasteiger partial charge in [0.05, 0.1) is 18.2 Å². The molecule has 4 rings (SSSR count). The first-order valence-electron chi connectivity index (χ1n) is 17.8. The third kappa shape index (κ3) is 8.88. The molecule has 7 heteroatoms. The Morgan fingerprint density at radius 2 is 1.60 bits per heavy atom. The van der Waals surface area contributed by atoms with Crippen molar-refractivity contribution >= 4 is 43.6 Å². The third-order valence-electron chi connectivity index (χ3n) is 9.82. The lowest BCUT2D eigenvalue weighted by molar-refractivity contribution is 0.0750. The molecule has 262 valence electrons. The number of benzene rings is 2. The summed E-state index contributed by atoms with van der Waals surface area (Å²) in [6.45, 7) is 29.7. The molecule has 0 amide bonds. The van der Waals surface area contributed by atoms with E-state index in [-0.39, 0.29) is 5.04 Å². The van der Waals surface area contributed by atoms with Crippen LogP contribution in [0.1, 0.15) is 95.0 Å². The fraction of sp³-hybridized carbons (Fsp3) is 0.395. The van der Waals surface area contributed by atoms with Crippen molar-refractivity contribution in [2.75, 3.05) is 18.0 Å². The summed E-state index contributed by atoms with van der Waals surface area (Å²) in [7, 11) is -2.09. The first-order valence-corrected chi connectivity index (χ1v) is 21.5. The number of rotatable bonds is 14. The van der Waals surface area contributed by atoms with Crippen LogP contribution in [0.5, 0.6) is 5.75 Å². The summed E-state index contributed by atoms with van der Waals surface area (Å²) in [5.41, 5.74) is 3.87. The van der Waals surface area contributed by atoms with Crippen LogP contribution in [0.25, 0.3) is 23.1 Å². The van der Waals surface area contributed by atoms with Crippen molar-refractivity contribution in [2.24, 2.45) is 0 Å². The Morgan fingerprint density at radius 1 is 0.980 bits per heavy atom. The van der Waals surface area contributed by atoms with Gasteiger partial charge in [-0.15, -0.1) is 11.3 Å². The number of anilines is 1. The fourth-order valence-corrected chi connectivity index (χ4v) is 7.46. The van der Waals surface area contributed by atoms with E-state index in [9.17, 15) is 5.26 Å². The summed E-state index contributed by atoms with van der Waals surface area (Å²) in [5, 5.41) is 9.72. The van der Waals surface area contributed by atoms with Crippen LogP contribution in [-0.4, -0.2) is 21.4 Å². The van der Waals surface area contributed by atoms with Crippen LogP contribution in [0.3, 0.4) is 0 Å². The van der Waals surface area contributed by atoms with E-state index in [0.29, 0.717) is 17.0 Å². The molecule has 0 fully saturated rings. The smallest absolute Gasteiger partial charge is 0.250 e. The highest BCUT2D eigenvalue weighted by Crippen LogP contribution is 2.48. The molecular weight excluding hydrogens is 651 g/mol. The number of hydrogen-bond acceptors (Lipinski definition) is 5. The molecule has 0 saturated carbocycles. The minimum atomic E-state index is -2.09. The summed E-state index contributed by atoms with van der Waals surface area (Å²) >= 11 is 1.68. The van der Waals surface area contributed by atoms with E-state index in [0.717, 1.165) is 45.3 Å². The van der Waals surface area contributed by atoms with Gasteiger partial charge in [-0.3, -0.25) is 0 Å². The predicted molar refractivity (Wildman–Crippen MR) is 215 cm³/mol. The van der Waals surface area contributed by atoms with Crippen LogP contribution < -0.4 is 9.33 Å². The molecule has 0 bridgehead atoms. The quantitative estimate of drug-likeness (QED) is 0.0953. The maximum absolute atomic E-state index is 9.64. The minimum absolute atomic E-state index is 0.0798. The van der Waals surface area contributed by atoms with Crippen molar-refractivity contribution in [1.29, 1.82) is 5.26 Å². The molecule has 3 aromatic rings. The summed E-state index contributed by atoms with van der Waals surface area (Å²) in [6, 6.07) is 23.0. The summed E-state index contributed by atoms with van der Waals surface area (Å²) in [6.07, 6.45) is 13.0. The average molecular weight is 704 g/mol. The molecular formula is C43H53N3O2SSi. The number of nitrogens with zero attached hydrogens (tertiary/aromatic N) is 3. The van der Waals surface area contributed by atoms with Crippen molar-refractivity contribution in [2.45, 2.75) is 97.9 Å². The number of ether oxygens (including phenoxy) is 1. The molecule has 2 heterocycles. The van der Waals surface area contributed by atoms with Crippen LogP contribution in [-0.2, 0) is 10.3 Å². The molecule has 0 radical (unpaired) electrons. The number of thiophene rings is 1. The molecule has 1 aliphatic rings. The minimum Gasteiger partial charge on any atom is -0.543 e. The van der Waals surface area contributed by atoms with Crippen LogP contribution in [0, 0.1) is 17.9 Å². The van der Waals surface area contributed by atoms with Gasteiger partial charge in [0.2, 0.25) is 5.70 Å². The van der Waals surface area contributed by atoms with Crippen molar-refractivity contribution in [3.63, 3.8) is 0 Å². The van der Waals surface area contributed by atoms with Gasteiger partial charge in [0.15, 0.2) is 0 Å². The zero-order valence-electron chi connectivity index (χ0n) is 31.4. The van der Waals surface area contributed by atoms with E-state index in [1.807, 2.05) is 49.4 Å². The summed E-state index contributed by atoms with van der Waals surface area (Å²) < 4.78 is 13.4. The van der Waals surface area contributed by atoms with Gasteiger partial charge in [-0.1, -0.05) is 83.9 Å². The first-order chi connectivity index (χ1) is 23.8. The molecule has 50 heavy (non-hydrogen) atoms. The Morgan fingerprint density at radius 3 is 2.16 bits per heavy atom. The van der Waals surface area contributed by atoms with Gasteiger partial charge in [-0.2, -0.15) is 5.26 Å². The monoisotopic (exact) mass is 703 g/mol. The Bertz CT molecular complexity index is 1840. The Kier molecular flexibility index (Phi) is 12.8. The lowest BCUT2D eigenvalue weighted by atomic mass is 9.87. The predicted octanol–water partition coefficient (Wildman–Crippen LogP) is 12.6. The van der Waals surface area contributed by atoms with Crippen molar-refractivity contribution < 1.29 is 9.16 Å². The zero-order valence-corrected chi connectivity index (χ0v) is 33.2. The van der Waals surface area contributed by atoms with E-state index in [1.165, 1.54) is 31.4 Å². The lowest BCUT2D eigenvalue weighted by Crippen LogP contribution is -2.44. The van der Waals surface area contributed by atoms with E-state index >= 15 is 0 Å². The van der Waals surface area contributed by atoms with E-state index in [4.69, 9.17) is 15.7 Å². The number of nitriles is 1.